The second-order valence-electron chi connectivity index (χ2n) is 13.2. The number of hydrogen-bond donors (Lipinski definition) is 1. The van der Waals surface area contributed by atoms with Gasteiger partial charge in [0.1, 0.15) is 11.5 Å². The van der Waals surface area contributed by atoms with E-state index in [0.29, 0.717) is 6.42 Å². The molecule has 3 aliphatic rings. The number of aryl methyl sites for hydroxylation is 1. The third kappa shape index (κ3) is 4.84. The van der Waals surface area contributed by atoms with Gasteiger partial charge in [-0.2, -0.15) is 8.42 Å². The van der Waals surface area contributed by atoms with Crippen molar-refractivity contribution in [3.63, 3.8) is 0 Å². The van der Waals surface area contributed by atoms with Crippen LogP contribution >= 0.6 is 0 Å². The Bertz CT molecular complexity index is 1820. The third-order valence-electron chi connectivity index (χ3n) is 8.67. The molecule has 0 aromatic heterocycles. The summed E-state index contributed by atoms with van der Waals surface area (Å²) in [6.45, 7) is 13.2. The Labute approximate surface area is 237 Å². The highest BCUT2D eigenvalue weighted by atomic mass is 32.2. The van der Waals surface area contributed by atoms with E-state index in [1.54, 1.807) is 0 Å². The average molecular weight is 555 g/mol. The fourth-order valence-corrected chi connectivity index (χ4v) is 7.94. The number of ether oxygens (including phenoxy) is 1. The minimum absolute atomic E-state index is 0.0867. The van der Waals surface area contributed by atoms with E-state index in [0.717, 1.165) is 57.0 Å². The summed E-state index contributed by atoms with van der Waals surface area (Å²) in [5, 5.41) is 1.94. The Morgan fingerprint density at radius 1 is 0.925 bits per heavy atom. The van der Waals surface area contributed by atoms with E-state index >= 15 is 0 Å². The van der Waals surface area contributed by atoms with Crippen LogP contribution in [-0.4, -0.2) is 18.7 Å². The number of fused-ring (bicyclic) bond motifs is 4. The van der Waals surface area contributed by atoms with Crippen molar-refractivity contribution in [1.29, 1.82) is 0 Å². The van der Waals surface area contributed by atoms with Crippen LogP contribution in [0.15, 0.2) is 54.6 Å². The van der Waals surface area contributed by atoms with E-state index in [9.17, 15) is 13.0 Å². The van der Waals surface area contributed by atoms with Crippen molar-refractivity contribution in [3.8, 4) is 11.5 Å². The van der Waals surface area contributed by atoms with E-state index < -0.39 is 10.1 Å². The molecule has 0 bridgehead atoms. The SMILES string of the molecule is CCC1=CC(C)(C)Cc2cc3c(cc21)C(c1ccccc1C)=c1cc2c(cc1O3)=CC(C)(C)CC2CS(=O)(=O)O. The van der Waals surface area contributed by atoms with Gasteiger partial charge < -0.3 is 4.74 Å². The van der Waals surface area contributed by atoms with Crippen LogP contribution < -0.4 is 15.2 Å². The van der Waals surface area contributed by atoms with Gasteiger partial charge >= 0.3 is 0 Å². The Kier molecular flexibility index (Phi) is 6.21. The maximum absolute atomic E-state index is 12.1. The summed E-state index contributed by atoms with van der Waals surface area (Å²) in [6, 6.07) is 17.2. The smallest absolute Gasteiger partial charge is 0.265 e. The highest BCUT2D eigenvalue weighted by Gasteiger charge is 2.33. The third-order valence-corrected chi connectivity index (χ3v) is 9.50. The van der Waals surface area contributed by atoms with Crippen LogP contribution in [0.2, 0.25) is 0 Å². The van der Waals surface area contributed by atoms with Gasteiger partial charge in [0.05, 0.1) is 5.75 Å². The number of benzene rings is 3. The molecule has 1 heterocycles. The van der Waals surface area contributed by atoms with E-state index in [1.165, 1.54) is 22.3 Å². The molecule has 6 rings (SSSR count). The van der Waals surface area contributed by atoms with Gasteiger partial charge in [-0.05, 0) is 99.9 Å². The second kappa shape index (κ2) is 9.19. The maximum atomic E-state index is 12.1. The van der Waals surface area contributed by atoms with Crippen LogP contribution in [0.1, 0.15) is 86.8 Å². The summed E-state index contributed by atoms with van der Waals surface area (Å²) in [5.74, 6) is 1.05. The zero-order chi connectivity index (χ0) is 28.6. The van der Waals surface area contributed by atoms with Gasteiger partial charge in [0.15, 0.2) is 0 Å². The van der Waals surface area contributed by atoms with Crippen LogP contribution in [-0.2, 0) is 16.5 Å². The molecule has 0 radical (unpaired) electrons. The van der Waals surface area contributed by atoms with Crippen molar-refractivity contribution in [2.45, 2.75) is 66.7 Å². The summed E-state index contributed by atoms with van der Waals surface area (Å²) in [4.78, 5) is 0. The Hall–Kier alpha value is -3.15. The first-order chi connectivity index (χ1) is 18.7. The van der Waals surface area contributed by atoms with Crippen LogP contribution in [0, 0.1) is 17.8 Å². The standard InChI is InChI=1S/C35H38O4S/c1-7-22-16-34(3,4)17-23-12-31-29(14-27(22)23)33(26-11-9-8-10-21(26)2)30-15-28-24(13-32(30)39-31)18-35(5,6)19-25(28)20-40(36,37)38/h8-16,18,25H,7,17,19-20H2,1-6H3,(H,36,37,38). The number of allylic oxidation sites excluding steroid dienone is 2. The van der Waals surface area contributed by atoms with Gasteiger partial charge in [0, 0.05) is 22.3 Å². The molecule has 3 aromatic rings. The monoisotopic (exact) mass is 554 g/mol. The topological polar surface area (TPSA) is 63.6 Å². The Morgan fingerprint density at radius 2 is 1.68 bits per heavy atom. The first-order valence-electron chi connectivity index (χ1n) is 14.2. The van der Waals surface area contributed by atoms with Gasteiger partial charge in [-0.15, -0.1) is 0 Å². The minimum Gasteiger partial charge on any atom is -0.456 e. The van der Waals surface area contributed by atoms with Crippen molar-refractivity contribution in [3.05, 3.63) is 98.4 Å². The van der Waals surface area contributed by atoms with Crippen LogP contribution in [0.3, 0.4) is 0 Å². The van der Waals surface area contributed by atoms with Crippen LogP contribution in [0.5, 0.6) is 11.5 Å². The van der Waals surface area contributed by atoms with Crippen molar-refractivity contribution >= 4 is 27.3 Å². The maximum Gasteiger partial charge on any atom is 0.265 e. The molecule has 0 spiro atoms. The zero-order valence-electron chi connectivity index (χ0n) is 24.3. The molecule has 208 valence electrons. The predicted molar refractivity (Wildman–Crippen MR) is 163 cm³/mol. The molecule has 5 heteroatoms. The molecule has 1 aliphatic heterocycles. The Balaban J connectivity index is 1.69. The molecule has 0 saturated carbocycles. The molecule has 0 saturated heterocycles. The largest absolute Gasteiger partial charge is 0.456 e. The van der Waals surface area contributed by atoms with Crippen LogP contribution in [0.25, 0.3) is 17.2 Å². The van der Waals surface area contributed by atoms with E-state index in [1.807, 2.05) is 0 Å². The highest BCUT2D eigenvalue weighted by molar-refractivity contribution is 7.85. The molecule has 0 amide bonds. The number of hydrogen-bond acceptors (Lipinski definition) is 3. The minimum atomic E-state index is -4.15. The van der Waals surface area contributed by atoms with Crippen molar-refractivity contribution in [1.82, 2.24) is 0 Å². The molecule has 40 heavy (non-hydrogen) atoms. The second-order valence-corrected chi connectivity index (χ2v) is 14.7. The molecule has 1 N–H and O–H groups in total. The molecule has 1 unspecified atom stereocenters. The lowest BCUT2D eigenvalue weighted by Crippen LogP contribution is -2.34. The number of rotatable bonds is 4. The highest BCUT2D eigenvalue weighted by Crippen LogP contribution is 2.45. The average Bonchev–Trinajstić information content (AvgIpc) is 2.83. The molecule has 1 atom stereocenters. The molecule has 0 fully saturated rings. The van der Waals surface area contributed by atoms with E-state index in [4.69, 9.17) is 4.74 Å². The van der Waals surface area contributed by atoms with Crippen molar-refractivity contribution < 1.29 is 17.7 Å². The molecule has 3 aromatic carbocycles. The summed E-state index contributed by atoms with van der Waals surface area (Å²) < 4.78 is 40.6. The zero-order valence-corrected chi connectivity index (χ0v) is 25.1. The van der Waals surface area contributed by atoms with Crippen molar-refractivity contribution in [2.24, 2.45) is 10.8 Å². The lowest BCUT2D eigenvalue weighted by molar-refractivity contribution is 0.404. The normalized spacial score (nSPS) is 20.2. The van der Waals surface area contributed by atoms with Gasteiger partial charge in [-0.25, -0.2) is 0 Å². The quantitative estimate of drug-likeness (QED) is 0.279. The molecular weight excluding hydrogens is 516 g/mol. The molecular formula is C35H38O4S. The van der Waals surface area contributed by atoms with Crippen molar-refractivity contribution in [2.75, 3.05) is 5.75 Å². The van der Waals surface area contributed by atoms with Gasteiger partial charge in [0.25, 0.3) is 10.1 Å². The summed E-state index contributed by atoms with van der Waals surface area (Å²) in [5.41, 5.74) is 9.26. The molecule has 2 aliphatic carbocycles. The van der Waals surface area contributed by atoms with E-state index in [2.05, 4.69) is 102 Å². The fourth-order valence-electron chi connectivity index (χ4n) is 7.14. The lowest BCUT2D eigenvalue weighted by atomic mass is 9.73. The predicted octanol–water partition coefficient (Wildman–Crippen LogP) is 6.91. The van der Waals surface area contributed by atoms with Gasteiger partial charge in [-0.3, -0.25) is 4.55 Å². The fraction of sp³-hybridized carbons (Fsp3) is 0.371. The van der Waals surface area contributed by atoms with E-state index in [-0.39, 0.29) is 22.5 Å². The van der Waals surface area contributed by atoms with Crippen LogP contribution in [0.4, 0.5) is 0 Å². The first kappa shape index (κ1) is 27.0. The van der Waals surface area contributed by atoms with Gasteiger partial charge in [0.2, 0.25) is 0 Å². The summed E-state index contributed by atoms with van der Waals surface area (Å²) in [6.07, 6.45) is 7.19. The van der Waals surface area contributed by atoms with Gasteiger partial charge in [-0.1, -0.05) is 71.0 Å². The lowest BCUT2D eigenvalue weighted by Gasteiger charge is -2.34. The molecule has 4 nitrogen and oxygen atoms in total. The first-order valence-corrected chi connectivity index (χ1v) is 15.8. The Morgan fingerprint density at radius 3 is 2.38 bits per heavy atom. The summed E-state index contributed by atoms with van der Waals surface area (Å²) >= 11 is 0. The summed E-state index contributed by atoms with van der Waals surface area (Å²) in [7, 11) is -4.15.